The van der Waals surface area contributed by atoms with E-state index in [0.29, 0.717) is 11.1 Å². The molecule has 49 heavy (non-hydrogen) atoms. The lowest BCUT2D eigenvalue weighted by Crippen LogP contribution is -2.76. The third kappa shape index (κ3) is 7.20. The average molecular weight is 685 g/mol. The van der Waals surface area contributed by atoms with Crippen LogP contribution in [0.15, 0.2) is 91.6 Å². The van der Waals surface area contributed by atoms with Crippen molar-refractivity contribution in [1.29, 1.82) is 0 Å². The number of rotatable bonds is 11. The lowest BCUT2D eigenvalue weighted by Gasteiger charge is -2.55. The van der Waals surface area contributed by atoms with Crippen LogP contribution in [0.3, 0.4) is 0 Å². The number of benzene rings is 3. The molecule has 6 rings (SSSR count). The molecular formula is C35H37N6O7P. The number of para-hydroxylation sites is 1. The van der Waals surface area contributed by atoms with Gasteiger partial charge < -0.3 is 34.4 Å². The molecule has 4 amide bonds. The Morgan fingerprint density at radius 3 is 2.49 bits per heavy atom. The van der Waals surface area contributed by atoms with E-state index in [1.165, 1.54) is 16.8 Å². The molecule has 2 aliphatic rings. The topological polar surface area (TPSA) is 159 Å². The van der Waals surface area contributed by atoms with E-state index in [1.54, 1.807) is 46.4 Å². The summed E-state index contributed by atoms with van der Waals surface area (Å²) >= 11 is 0. The molecule has 3 heterocycles. The first kappa shape index (κ1) is 33.8. The van der Waals surface area contributed by atoms with Gasteiger partial charge in [-0.15, -0.1) is 6.58 Å². The van der Waals surface area contributed by atoms with Crippen LogP contribution in [0.4, 0.5) is 4.79 Å². The van der Waals surface area contributed by atoms with Crippen LogP contribution >= 0.6 is 8.60 Å². The number of Topliss-reactive ketones (excluding diaryl/α,β-unsaturated/α-hetero) is 1. The number of aromatic nitrogens is 1. The minimum atomic E-state index is -2.60. The summed E-state index contributed by atoms with van der Waals surface area (Å²) in [6, 6.07) is 20.2. The van der Waals surface area contributed by atoms with Crippen molar-refractivity contribution >= 4 is 43.1 Å². The van der Waals surface area contributed by atoms with Crippen molar-refractivity contribution in [3.8, 4) is 5.75 Å². The zero-order valence-electron chi connectivity index (χ0n) is 26.9. The Morgan fingerprint density at radius 1 is 1.04 bits per heavy atom. The Kier molecular flexibility index (Phi) is 10.1. The van der Waals surface area contributed by atoms with Crippen molar-refractivity contribution in [2.45, 2.75) is 38.6 Å². The van der Waals surface area contributed by atoms with Crippen LogP contribution in [0.1, 0.15) is 34.0 Å². The normalized spacial score (nSPS) is 18.2. The van der Waals surface area contributed by atoms with E-state index in [0.717, 1.165) is 22.0 Å². The number of hydrogen-bond donors (Lipinski definition) is 4. The van der Waals surface area contributed by atoms with Gasteiger partial charge in [-0.25, -0.2) is 14.8 Å². The molecule has 0 spiro atoms. The predicted molar refractivity (Wildman–Crippen MR) is 183 cm³/mol. The third-order valence-corrected chi connectivity index (χ3v) is 9.12. The highest BCUT2D eigenvalue weighted by atomic mass is 31.2. The number of H-pyrrole nitrogens is 1. The summed E-state index contributed by atoms with van der Waals surface area (Å²) in [5.74, 6) is -0.440. The van der Waals surface area contributed by atoms with Crippen LogP contribution in [-0.4, -0.2) is 90.1 Å². The van der Waals surface area contributed by atoms with E-state index >= 15 is 0 Å². The number of nitrogens with zero attached hydrogens (tertiary/aromatic N) is 4. The van der Waals surface area contributed by atoms with Crippen LogP contribution in [0.2, 0.25) is 0 Å². The fourth-order valence-electron chi connectivity index (χ4n) is 6.55. The molecule has 0 saturated carbocycles. The second kappa shape index (κ2) is 14.6. The van der Waals surface area contributed by atoms with Gasteiger partial charge in [0.15, 0.2) is 5.78 Å². The molecule has 4 aromatic rings. The monoisotopic (exact) mass is 684 g/mol. The summed E-state index contributed by atoms with van der Waals surface area (Å²) in [7, 11) is -2.60. The molecular weight excluding hydrogens is 647 g/mol. The van der Waals surface area contributed by atoms with Gasteiger partial charge >= 0.3 is 14.6 Å². The van der Waals surface area contributed by atoms with Crippen molar-refractivity contribution in [1.82, 2.24) is 30.1 Å². The Hall–Kier alpha value is -5.07. The van der Waals surface area contributed by atoms with Gasteiger partial charge in [0.25, 0.3) is 0 Å². The molecule has 2 aliphatic heterocycles. The lowest BCUT2D eigenvalue weighted by atomic mass is 9.98. The van der Waals surface area contributed by atoms with Gasteiger partial charge in [-0.3, -0.25) is 14.4 Å². The fourth-order valence-corrected chi connectivity index (χ4v) is 6.86. The number of amides is 4. The van der Waals surface area contributed by atoms with Crippen LogP contribution in [0.25, 0.3) is 10.9 Å². The number of carbonyl (C=O) groups excluding carboxylic acids is 4. The summed E-state index contributed by atoms with van der Waals surface area (Å²) in [6.07, 6.45) is 2.57. The van der Waals surface area contributed by atoms with Crippen molar-refractivity contribution in [3.63, 3.8) is 0 Å². The molecule has 254 valence electrons. The minimum Gasteiger partial charge on any atom is -0.427 e. The zero-order valence-corrected chi connectivity index (χ0v) is 27.8. The van der Waals surface area contributed by atoms with E-state index in [4.69, 9.17) is 4.52 Å². The highest BCUT2D eigenvalue weighted by molar-refractivity contribution is 7.39. The van der Waals surface area contributed by atoms with Crippen LogP contribution < -0.4 is 9.84 Å². The molecule has 4 N–H and O–H groups in total. The van der Waals surface area contributed by atoms with Crippen molar-refractivity contribution in [2.75, 3.05) is 19.6 Å². The van der Waals surface area contributed by atoms with Gasteiger partial charge in [0, 0.05) is 43.2 Å². The molecule has 0 radical (unpaired) electrons. The quantitative estimate of drug-likeness (QED) is 0.106. The number of hydrazine groups is 1. The Labute approximate surface area is 284 Å². The second-order valence-corrected chi connectivity index (χ2v) is 12.6. The van der Waals surface area contributed by atoms with Gasteiger partial charge in [0.2, 0.25) is 11.8 Å². The Balaban J connectivity index is 1.36. The first-order valence-corrected chi connectivity index (χ1v) is 16.9. The van der Waals surface area contributed by atoms with Gasteiger partial charge in [-0.05, 0) is 35.7 Å². The second-order valence-electron chi connectivity index (χ2n) is 11.9. The van der Waals surface area contributed by atoms with Crippen molar-refractivity contribution < 1.29 is 33.5 Å². The highest BCUT2D eigenvalue weighted by Gasteiger charge is 2.51. The smallest absolute Gasteiger partial charge is 0.391 e. The maximum atomic E-state index is 14.4. The molecule has 1 aromatic heterocycles. The average Bonchev–Trinajstić information content (AvgIpc) is 3.52. The summed E-state index contributed by atoms with van der Waals surface area (Å²) < 4.78 is 5.00. The predicted octanol–water partition coefficient (Wildman–Crippen LogP) is 3.70. The largest absolute Gasteiger partial charge is 0.427 e. The first-order valence-electron chi connectivity index (χ1n) is 15.8. The van der Waals surface area contributed by atoms with Crippen LogP contribution in [0, 0.1) is 0 Å². The maximum absolute atomic E-state index is 14.4. The summed E-state index contributed by atoms with van der Waals surface area (Å²) in [5, 5.41) is 6.89. The summed E-state index contributed by atoms with van der Waals surface area (Å²) in [6.45, 7) is 5.88. The molecule has 2 atom stereocenters. The third-order valence-electron chi connectivity index (χ3n) is 8.75. The molecule has 2 fully saturated rings. The van der Waals surface area contributed by atoms with Gasteiger partial charge in [0.05, 0.1) is 18.6 Å². The van der Waals surface area contributed by atoms with E-state index < -0.39 is 26.8 Å². The molecule has 2 saturated heterocycles. The van der Waals surface area contributed by atoms with E-state index in [-0.39, 0.29) is 62.5 Å². The summed E-state index contributed by atoms with van der Waals surface area (Å²) in [4.78, 5) is 79.4. The molecule has 0 bridgehead atoms. The first-order chi connectivity index (χ1) is 23.6. The Morgan fingerprint density at radius 2 is 1.80 bits per heavy atom. The molecule has 14 heteroatoms. The van der Waals surface area contributed by atoms with E-state index in [9.17, 15) is 29.0 Å². The van der Waals surface area contributed by atoms with Gasteiger partial charge in [-0.2, -0.15) is 0 Å². The zero-order chi connectivity index (χ0) is 34.7. The van der Waals surface area contributed by atoms with Crippen molar-refractivity contribution in [3.05, 3.63) is 114 Å². The van der Waals surface area contributed by atoms with E-state index in [1.807, 2.05) is 48.5 Å². The van der Waals surface area contributed by atoms with Crippen molar-refractivity contribution in [2.24, 2.45) is 0 Å². The van der Waals surface area contributed by atoms with Crippen LogP contribution in [0.5, 0.6) is 5.75 Å². The van der Waals surface area contributed by atoms with E-state index in [2.05, 4.69) is 16.9 Å². The number of fused-ring (bicyclic) bond motifs is 2. The van der Waals surface area contributed by atoms with Gasteiger partial charge in [0.1, 0.15) is 18.0 Å². The number of urea groups is 1. The Bertz CT molecular complexity index is 1870. The molecule has 0 aliphatic carbocycles. The number of carbonyl (C=O) groups is 4. The minimum absolute atomic E-state index is 0.0352. The standard InChI is InChI=1S/C35H37N6O7P/c1-3-16-39-22-32(43)40-30(17-24-12-14-27(15-13-24)48-49(46)47)34(44)38(20-26-10-7-11-28-29(23(2)42)19-36-33(26)28)21-31(40)41(39)35(45)37-18-25-8-5-4-6-9-25/h3-15,19,30-31,36,46-47H,1,16-18,20-22H2,2H3,(H,37,45)/t30-,31-/m0/s1. The number of nitrogens with one attached hydrogen (secondary N) is 2. The van der Waals surface area contributed by atoms with Gasteiger partial charge in [-0.1, -0.05) is 66.7 Å². The number of ketones is 1. The molecule has 0 unspecified atom stereocenters. The number of hydrogen-bond acceptors (Lipinski definition) is 8. The molecule has 3 aromatic carbocycles. The van der Waals surface area contributed by atoms with Crippen LogP contribution in [-0.2, 0) is 29.1 Å². The SMILES string of the molecule is C=CCN1CC(=O)N2[C@@H](Cc3ccc(OP(O)O)cc3)C(=O)N(Cc3cccc4c(C(C)=O)c[nH]c34)C[C@@H]2N1C(=O)NCc1ccccc1. The highest BCUT2D eigenvalue weighted by Crippen LogP contribution is 2.32. The fraction of sp³-hybridized carbons (Fsp3) is 0.257. The lowest BCUT2D eigenvalue weighted by molar-refractivity contribution is -0.189. The number of aromatic amines is 1. The summed E-state index contributed by atoms with van der Waals surface area (Å²) in [5.41, 5.74) is 3.66. The number of piperazine rings is 1. The molecule has 13 nitrogen and oxygen atoms in total. The maximum Gasteiger partial charge on any atom is 0.391 e.